The molecule has 0 spiro atoms. The van der Waals surface area contributed by atoms with Crippen LogP contribution in [0.2, 0.25) is 0 Å². The second kappa shape index (κ2) is 4.96. The summed E-state index contributed by atoms with van der Waals surface area (Å²) in [5.74, 6) is -0.145. The average Bonchev–Trinajstić information content (AvgIpc) is 2.29. The molecule has 92 valence electrons. The zero-order valence-corrected chi connectivity index (χ0v) is 10.0. The van der Waals surface area contributed by atoms with Crippen molar-refractivity contribution in [1.29, 1.82) is 0 Å². The Kier molecular flexibility index (Phi) is 3.84. The van der Waals surface area contributed by atoms with Gasteiger partial charge in [0.1, 0.15) is 5.69 Å². The van der Waals surface area contributed by atoms with Gasteiger partial charge in [0.25, 0.3) is 5.69 Å². The van der Waals surface area contributed by atoms with E-state index in [1.807, 2.05) is 0 Å². The second-order valence-corrected chi connectivity index (χ2v) is 5.25. The van der Waals surface area contributed by atoms with E-state index in [0.29, 0.717) is 5.56 Å². The van der Waals surface area contributed by atoms with E-state index in [1.54, 1.807) is 6.07 Å². The predicted octanol–water partition coefficient (Wildman–Crippen LogP) is 2.00. The van der Waals surface area contributed by atoms with E-state index < -0.39 is 14.9 Å². The third kappa shape index (κ3) is 3.28. The Balaban J connectivity index is 3.24. The summed E-state index contributed by atoms with van der Waals surface area (Å²) in [4.78, 5) is 10.2. The monoisotopic (exact) mass is 256 g/mol. The summed E-state index contributed by atoms with van der Waals surface area (Å²) in [6, 6.07) is 4.16. The van der Waals surface area contributed by atoms with Crippen molar-refractivity contribution in [1.82, 2.24) is 0 Å². The molecule has 6 nitrogen and oxygen atoms in total. The van der Waals surface area contributed by atoms with Gasteiger partial charge in [-0.3, -0.25) is 14.8 Å². The molecular weight excluding hydrogens is 244 g/mol. The van der Waals surface area contributed by atoms with Gasteiger partial charge in [-0.1, -0.05) is 18.7 Å². The fourth-order valence-corrected chi connectivity index (χ4v) is 1.80. The minimum absolute atomic E-state index is 0.0394. The summed E-state index contributed by atoms with van der Waals surface area (Å²) < 4.78 is 24.9. The van der Waals surface area contributed by atoms with Crippen molar-refractivity contribution >= 4 is 27.5 Å². The first kappa shape index (κ1) is 13.2. The first-order valence-electron chi connectivity index (χ1n) is 4.81. The van der Waals surface area contributed by atoms with Crippen molar-refractivity contribution in [3.8, 4) is 0 Å². The van der Waals surface area contributed by atoms with Crippen molar-refractivity contribution in [2.75, 3.05) is 10.5 Å². The Morgan fingerprint density at radius 3 is 2.65 bits per heavy atom. The molecular formula is C10H12N2O4S. The molecule has 1 N–H and O–H groups in total. The van der Waals surface area contributed by atoms with Crippen LogP contribution in [0.5, 0.6) is 0 Å². The topological polar surface area (TPSA) is 89.3 Å². The molecule has 0 aliphatic carbocycles. The van der Waals surface area contributed by atoms with Crippen molar-refractivity contribution < 1.29 is 13.3 Å². The number of hydrogen-bond acceptors (Lipinski definition) is 4. The van der Waals surface area contributed by atoms with Crippen LogP contribution in [0.1, 0.15) is 12.5 Å². The molecule has 0 saturated carbocycles. The number of nitrogens with zero attached hydrogens (tertiary/aromatic N) is 1. The lowest BCUT2D eigenvalue weighted by Crippen LogP contribution is -2.15. The van der Waals surface area contributed by atoms with E-state index in [9.17, 15) is 18.5 Å². The maximum Gasteiger partial charge on any atom is 0.293 e. The van der Waals surface area contributed by atoms with Crippen LogP contribution in [0.4, 0.5) is 11.4 Å². The normalized spacial score (nSPS) is 10.9. The molecule has 7 heteroatoms. The van der Waals surface area contributed by atoms with Gasteiger partial charge in [0.05, 0.1) is 10.7 Å². The van der Waals surface area contributed by atoms with Gasteiger partial charge < -0.3 is 0 Å². The molecule has 0 amide bonds. The number of rotatable bonds is 5. The van der Waals surface area contributed by atoms with Crippen LogP contribution in [0.15, 0.2) is 24.8 Å². The van der Waals surface area contributed by atoms with Crippen LogP contribution >= 0.6 is 0 Å². The minimum atomic E-state index is -3.53. The minimum Gasteiger partial charge on any atom is -0.277 e. The second-order valence-electron chi connectivity index (χ2n) is 3.24. The highest BCUT2D eigenvalue weighted by atomic mass is 32.2. The quantitative estimate of drug-likeness (QED) is 0.644. The number of nitrogens with one attached hydrogen (secondary N) is 1. The largest absolute Gasteiger partial charge is 0.293 e. The number of sulfonamides is 1. The highest BCUT2D eigenvalue weighted by Gasteiger charge is 2.18. The molecule has 0 aromatic heterocycles. The maximum absolute atomic E-state index is 11.3. The molecule has 0 aliphatic rings. The SMILES string of the molecule is C=Cc1ccc(NS(=O)(=O)CC)c([N+](=O)[O-])c1. The van der Waals surface area contributed by atoms with Gasteiger partial charge in [0.15, 0.2) is 0 Å². The van der Waals surface area contributed by atoms with E-state index in [1.165, 1.54) is 25.1 Å². The van der Waals surface area contributed by atoms with E-state index in [2.05, 4.69) is 11.3 Å². The Bertz CT molecular complexity index is 551. The van der Waals surface area contributed by atoms with E-state index in [4.69, 9.17) is 0 Å². The molecule has 0 heterocycles. The van der Waals surface area contributed by atoms with E-state index in [0.717, 1.165) is 0 Å². The summed E-state index contributed by atoms with van der Waals surface area (Å²) in [7, 11) is -3.53. The van der Waals surface area contributed by atoms with Crippen molar-refractivity contribution in [2.24, 2.45) is 0 Å². The van der Waals surface area contributed by atoms with Gasteiger partial charge in [-0.15, -0.1) is 0 Å². The maximum atomic E-state index is 11.3. The number of nitro groups is 1. The van der Waals surface area contributed by atoms with Crippen LogP contribution in [0.3, 0.4) is 0 Å². The first-order valence-corrected chi connectivity index (χ1v) is 6.46. The summed E-state index contributed by atoms with van der Waals surface area (Å²) in [6.45, 7) is 4.94. The molecule has 17 heavy (non-hydrogen) atoms. The van der Waals surface area contributed by atoms with Crippen LogP contribution in [-0.4, -0.2) is 19.1 Å². The smallest absolute Gasteiger partial charge is 0.277 e. The van der Waals surface area contributed by atoms with Gasteiger partial charge in [0.2, 0.25) is 10.0 Å². The van der Waals surface area contributed by atoms with Gasteiger partial charge in [0, 0.05) is 6.07 Å². The van der Waals surface area contributed by atoms with Crippen LogP contribution in [0, 0.1) is 10.1 Å². The molecule has 0 bridgehead atoms. The van der Waals surface area contributed by atoms with Gasteiger partial charge >= 0.3 is 0 Å². The highest BCUT2D eigenvalue weighted by Crippen LogP contribution is 2.26. The highest BCUT2D eigenvalue weighted by molar-refractivity contribution is 7.92. The number of nitro benzene ring substituents is 1. The fourth-order valence-electron chi connectivity index (χ4n) is 1.15. The number of benzene rings is 1. The molecule has 1 rings (SSSR count). The third-order valence-corrected chi connectivity index (χ3v) is 3.39. The fraction of sp³-hybridized carbons (Fsp3) is 0.200. The standard InChI is InChI=1S/C10H12N2O4S/c1-3-8-5-6-9(10(7-8)12(13)14)11-17(15,16)4-2/h3,5-7,11H,1,4H2,2H3. The van der Waals surface area contributed by atoms with Gasteiger partial charge in [-0.25, -0.2) is 8.42 Å². The number of hydrogen-bond donors (Lipinski definition) is 1. The zero-order chi connectivity index (χ0) is 13.1. The summed E-state index contributed by atoms with van der Waals surface area (Å²) in [5.41, 5.74) is 0.220. The van der Waals surface area contributed by atoms with E-state index in [-0.39, 0.29) is 17.1 Å². The first-order chi connectivity index (χ1) is 7.89. The zero-order valence-electron chi connectivity index (χ0n) is 9.21. The Hall–Kier alpha value is -1.89. The van der Waals surface area contributed by atoms with Crippen LogP contribution in [-0.2, 0) is 10.0 Å². The Morgan fingerprint density at radius 2 is 2.18 bits per heavy atom. The summed E-state index contributed by atoms with van der Waals surface area (Å²) in [6.07, 6.45) is 1.45. The van der Waals surface area contributed by atoms with Gasteiger partial charge in [-0.2, -0.15) is 0 Å². The molecule has 0 aliphatic heterocycles. The van der Waals surface area contributed by atoms with Crippen molar-refractivity contribution in [3.05, 3.63) is 40.5 Å². The molecule has 1 aromatic rings. The average molecular weight is 256 g/mol. The Labute approximate surface area is 99.2 Å². The lowest BCUT2D eigenvalue weighted by atomic mass is 10.2. The van der Waals surface area contributed by atoms with Crippen molar-refractivity contribution in [2.45, 2.75) is 6.92 Å². The number of anilines is 1. The lowest BCUT2D eigenvalue weighted by Gasteiger charge is -2.07. The predicted molar refractivity (Wildman–Crippen MR) is 66.3 cm³/mol. The Morgan fingerprint density at radius 1 is 1.53 bits per heavy atom. The van der Waals surface area contributed by atoms with Crippen LogP contribution < -0.4 is 4.72 Å². The molecule has 0 atom stereocenters. The van der Waals surface area contributed by atoms with Crippen LogP contribution in [0.25, 0.3) is 6.08 Å². The summed E-state index contributed by atoms with van der Waals surface area (Å²) in [5, 5.41) is 10.8. The van der Waals surface area contributed by atoms with Gasteiger partial charge in [-0.05, 0) is 18.6 Å². The lowest BCUT2D eigenvalue weighted by molar-refractivity contribution is -0.383. The molecule has 0 fully saturated rings. The summed E-state index contributed by atoms with van der Waals surface area (Å²) >= 11 is 0. The molecule has 0 unspecified atom stereocenters. The molecule has 0 radical (unpaired) electrons. The molecule has 0 saturated heterocycles. The van der Waals surface area contributed by atoms with E-state index >= 15 is 0 Å². The van der Waals surface area contributed by atoms with Crippen molar-refractivity contribution in [3.63, 3.8) is 0 Å². The third-order valence-electron chi connectivity index (χ3n) is 2.10. The molecule has 1 aromatic carbocycles.